The van der Waals surface area contributed by atoms with Crippen molar-refractivity contribution in [3.63, 3.8) is 0 Å². The predicted molar refractivity (Wildman–Crippen MR) is 73.2 cm³/mol. The van der Waals surface area contributed by atoms with E-state index in [1.807, 2.05) is 34.6 Å². The molecule has 0 bridgehead atoms. The second-order valence-electron chi connectivity index (χ2n) is 6.53. The van der Waals surface area contributed by atoms with Crippen molar-refractivity contribution < 1.29 is 9.53 Å². The van der Waals surface area contributed by atoms with Crippen LogP contribution in [0.15, 0.2) is 0 Å². The fraction of sp³-hybridized carbons (Fsp3) is 0.929. The Morgan fingerprint density at radius 2 is 2.00 bits per heavy atom. The van der Waals surface area contributed by atoms with Gasteiger partial charge in [0.25, 0.3) is 0 Å². The maximum absolute atomic E-state index is 12.4. The van der Waals surface area contributed by atoms with Crippen molar-refractivity contribution in [2.45, 2.75) is 71.6 Å². The second-order valence-corrected chi connectivity index (χ2v) is 6.53. The molecule has 0 radical (unpaired) electrons. The van der Waals surface area contributed by atoms with Crippen LogP contribution >= 0.6 is 0 Å². The third-order valence-corrected chi connectivity index (χ3v) is 4.57. The van der Waals surface area contributed by atoms with Gasteiger partial charge in [-0.3, -0.25) is 4.79 Å². The van der Waals surface area contributed by atoms with Crippen molar-refractivity contribution in [3.8, 4) is 0 Å². The minimum Gasteiger partial charge on any atom is -0.378 e. The van der Waals surface area contributed by atoms with Gasteiger partial charge < -0.3 is 15.8 Å². The molecule has 106 valence electrons. The Hall–Kier alpha value is -0.610. The smallest absolute Gasteiger partial charge is 0.241 e. The third kappa shape index (κ3) is 2.41. The molecule has 2 unspecified atom stereocenters. The Morgan fingerprint density at radius 3 is 2.39 bits per heavy atom. The molecule has 0 heterocycles. The molecule has 0 aromatic carbocycles. The van der Waals surface area contributed by atoms with Crippen LogP contribution in [0, 0.1) is 5.41 Å². The van der Waals surface area contributed by atoms with Crippen LogP contribution in [0.2, 0.25) is 0 Å². The zero-order valence-electron chi connectivity index (χ0n) is 12.6. The molecule has 2 atom stereocenters. The minimum absolute atomic E-state index is 0.0599. The number of ether oxygens (including phenoxy) is 1. The molecule has 1 saturated carbocycles. The highest BCUT2D eigenvalue weighted by Gasteiger charge is 2.63. The van der Waals surface area contributed by atoms with E-state index in [1.165, 1.54) is 0 Å². The standard InChI is InChI=1S/C14H28N2O2/c1-7-12(3,4)16-11(17)14(15)9-10(18-8-2)13(14,5)6/h10H,7-9,15H2,1-6H3,(H,16,17). The molecular formula is C14H28N2O2. The van der Waals surface area contributed by atoms with Gasteiger partial charge in [-0.1, -0.05) is 20.8 Å². The first kappa shape index (κ1) is 15.4. The summed E-state index contributed by atoms with van der Waals surface area (Å²) in [4.78, 5) is 12.4. The first-order chi connectivity index (χ1) is 8.10. The van der Waals surface area contributed by atoms with E-state index in [2.05, 4.69) is 12.2 Å². The summed E-state index contributed by atoms with van der Waals surface area (Å²) >= 11 is 0. The van der Waals surface area contributed by atoms with E-state index < -0.39 is 5.54 Å². The summed E-state index contributed by atoms with van der Waals surface area (Å²) in [5, 5.41) is 3.05. The summed E-state index contributed by atoms with van der Waals surface area (Å²) in [5.41, 5.74) is 4.96. The van der Waals surface area contributed by atoms with Crippen LogP contribution in [-0.4, -0.2) is 29.7 Å². The van der Waals surface area contributed by atoms with E-state index in [1.54, 1.807) is 0 Å². The molecule has 0 spiro atoms. The first-order valence-corrected chi connectivity index (χ1v) is 6.84. The summed E-state index contributed by atoms with van der Waals surface area (Å²) in [6.45, 7) is 12.7. The number of amides is 1. The van der Waals surface area contributed by atoms with Crippen molar-refractivity contribution in [3.05, 3.63) is 0 Å². The molecule has 18 heavy (non-hydrogen) atoms. The van der Waals surface area contributed by atoms with Gasteiger partial charge in [0.2, 0.25) is 5.91 Å². The SMILES string of the molecule is CCOC1CC(N)(C(=O)NC(C)(C)CC)C1(C)C. The molecular weight excluding hydrogens is 228 g/mol. The number of hydrogen-bond donors (Lipinski definition) is 2. The van der Waals surface area contributed by atoms with E-state index >= 15 is 0 Å². The summed E-state index contributed by atoms with van der Waals surface area (Å²) in [6, 6.07) is 0. The minimum atomic E-state index is -0.820. The van der Waals surface area contributed by atoms with Gasteiger partial charge in [-0.05, 0) is 27.2 Å². The third-order valence-electron chi connectivity index (χ3n) is 4.57. The van der Waals surface area contributed by atoms with Gasteiger partial charge >= 0.3 is 0 Å². The maximum Gasteiger partial charge on any atom is 0.241 e. The molecule has 1 aliphatic rings. The van der Waals surface area contributed by atoms with Gasteiger partial charge in [0, 0.05) is 24.0 Å². The highest BCUT2D eigenvalue weighted by atomic mass is 16.5. The van der Waals surface area contributed by atoms with Gasteiger partial charge in [0.05, 0.1) is 6.10 Å². The average Bonchev–Trinajstić information content (AvgIpc) is 2.27. The monoisotopic (exact) mass is 256 g/mol. The number of nitrogens with one attached hydrogen (secondary N) is 1. The van der Waals surface area contributed by atoms with Crippen LogP contribution in [0.25, 0.3) is 0 Å². The Bertz CT molecular complexity index is 326. The van der Waals surface area contributed by atoms with Crippen LogP contribution in [-0.2, 0) is 9.53 Å². The number of nitrogens with two attached hydrogens (primary N) is 1. The maximum atomic E-state index is 12.4. The number of carbonyl (C=O) groups is 1. The molecule has 3 N–H and O–H groups in total. The lowest BCUT2D eigenvalue weighted by atomic mass is 9.54. The van der Waals surface area contributed by atoms with Crippen molar-refractivity contribution >= 4 is 5.91 Å². The van der Waals surface area contributed by atoms with E-state index in [4.69, 9.17) is 10.5 Å². The molecule has 4 heteroatoms. The van der Waals surface area contributed by atoms with E-state index in [0.29, 0.717) is 13.0 Å². The lowest BCUT2D eigenvalue weighted by molar-refractivity contribution is -0.171. The number of rotatable bonds is 5. The van der Waals surface area contributed by atoms with Gasteiger partial charge in [-0.25, -0.2) is 0 Å². The summed E-state index contributed by atoms with van der Waals surface area (Å²) in [6.07, 6.45) is 1.55. The Labute approximate surface area is 111 Å². The van der Waals surface area contributed by atoms with Crippen molar-refractivity contribution in [2.75, 3.05) is 6.61 Å². The zero-order valence-corrected chi connectivity index (χ0v) is 12.6. The van der Waals surface area contributed by atoms with Gasteiger partial charge in [-0.2, -0.15) is 0 Å². The first-order valence-electron chi connectivity index (χ1n) is 6.84. The molecule has 1 fully saturated rings. The van der Waals surface area contributed by atoms with Gasteiger partial charge in [0.1, 0.15) is 5.54 Å². The predicted octanol–water partition coefficient (Wildman–Crippen LogP) is 1.82. The summed E-state index contributed by atoms with van der Waals surface area (Å²) in [7, 11) is 0. The highest BCUT2D eigenvalue weighted by Crippen LogP contribution is 2.50. The van der Waals surface area contributed by atoms with Crippen LogP contribution in [0.5, 0.6) is 0 Å². The zero-order chi connectivity index (χ0) is 14.2. The largest absolute Gasteiger partial charge is 0.378 e. The van der Waals surface area contributed by atoms with Crippen molar-refractivity contribution in [2.24, 2.45) is 11.1 Å². The lowest BCUT2D eigenvalue weighted by Crippen LogP contribution is -2.76. The molecule has 0 aliphatic heterocycles. The fourth-order valence-corrected chi connectivity index (χ4v) is 2.33. The molecule has 1 aliphatic carbocycles. The van der Waals surface area contributed by atoms with Crippen LogP contribution in [0.4, 0.5) is 0 Å². The molecule has 0 saturated heterocycles. The van der Waals surface area contributed by atoms with Crippen molar-refractivity contribution in [1.82, 2.24) is 5.32 Å². The molecule has 0 aromatic heterocycles. The fourth-order valence-electron chi connectivity index (χ4n) is 2.33. The van der Waals surface area contributed by atoms with Gasteiger partial charge in [-0.15, -0.1) is 0 Å². The molecule has 1 rings (SSSR count). The lowest BCUT2D eigenvalue weighted by Gasteiger charge is -2.58. The van der Waals surface area contributed by atoms with Crippen molar-refractivity contribution in [1.29, 1.82) is 0 Å². The quantitative estimate of drug-likeness (QED) is 0.788. The topological polar surface area (TPSA) is 64.3 Å². The van der Waals surface area contributed by atoms with Crippen LogP contribution < -0.4 is 11.1 Å². The molecule has 1 amide bonds. The second kappa shape index (κ2) is 4.82. The molecule has 0 aromatic rings. The van der Waals surface area contributed by atoms with E-state index in [-0.39, 0.29) is 23.0 Å². The van der Waals surface area contributed by atoms with E-state index in [0.717, 1.165) is 6.42 Å². The number of hydrogen-bond acceptors (Lipinski definition) is 3. The number of carbonyl (C=O) groups excluding carboxylic acids is 1. The van der Waals surface area contributed by atoms with Gasteiger partial charge in [0.15, 0.2) is 0 Å². The summed E-state index contributed by atoms with van der Waals surface area (Å²) < 4.78 is 5.64. The highest BCUT2D eigenvalue weighted by molar-refractivity contribution is 5.89. The normalized spacial score (nSPS) is 30.7. The Kier molecular flexibility index (Phi) is 4.13. The Balaban J connectivity index is 2.75. The van der Waals surface area contributed by atoms with E-state index in [9.17, 15) is 4.79 Å². The Morgan fingerprint density at radius 1 is 1.44 bits per heavy atom. The van der Waals surface area contributed by atoms with Crippen LogP contribution in [0.1, 0.15) is 54.4 Å². The molecule has 4 nitrogen and oxygen atoms in total. The summed E-state index contributed by atoms with van der Waals surface area (Å²) in [5.74, 6) is -0.0599. The average molecular weight is 256 g/mol. The van der Waals surface area contributed by atoms with Crippen LogP contribution in [0.3, 0.4) is 0 Å².